The second-order valence-electron chi connectivity index (χ2n) is 6.39. The van der Waals surface area contributed by atoms with Crippen LogP contribution in [0.15, 0.2) is 35.7 Å². The Morgan fingerprint density at radius 1 is 1.24 bits per heavy atom. The molecule has 1 aromatic carbocycles. The number of nitrogens with zero attached hydrogens (tertiary/aromatic N) is 5. The summed E-state index contributed by atoms with van der Waals surface area (Å²) in [4.78, 5) is 12.4. The van der Waals surface area contributed by atoms with Gasteiger partial charge >= 0.3 is 0 Å². The average molecular weight is 420 g/mol. The average Bonchev–Trinajstić information content (AvgIpc) is 3.22. The molecule has 4 atom stereocenters. The van der Waals surface area contributed by atoms with Gasteiger partial charge in [0.15, 0.2) is 23.2 Å². The minimum atomic E-state index is -1.33. The summed E-state index contributed by atoms with van der Waals surface area (Å²) in [6, 6.07) is 7.03. The fraction of sp³-hybridized carbons (Fsp3) is 0.294. The van der Waals surface area contributed by atoms with Crippen molar-refractivity contribution in [3.8, 4) is 0 Å². The maximum absolute atomic E-state index is 10.4. The van der Waals surface area contributed by atoms with Gasteiger partial charge in [0.05, 0.1) is 12.8 Å². The first-order valence-corrected chi connectivity index (χ1v) is 9.03. The van der Waals surface area contributed by atoms with E-state index in [1.165, 1.54) is 10.9 Å². The molecule has 0 amide bonds. The van der Waals surface area contributed by atoms with Crippen molar-refractivity contribution in [2.45, 2.75) is 24.5 Å². The zero-order valence-electron chi connectivity index (χ0n) is 14.9. The van der Waals surface area contributed by atoms with Crippen LogP contribution in [0.25, 0.3) is 11.2 Å². The zero-order valence-corrected chi connectivity index (χ0v) is 15.7. The molecule has 0 saturated carbocycles. The first kappa shape index (κ1) is 19.5. The molecule has 152 valence electrons. The van der Waals surface area contributed by atoms with Crippen molar-refractivity contribution < 1.29 is 20.1 Å². The molecule has 1 aliphatic heterocycles. The Balaban J connectivity index is 1.71. The second-order valence-corrected chi connectivity index (χ2v) is 6.82. The Hall–Kier alpha value is -2.83. The molecule has 1 saturated heterocycles. The van der Waals surface area contributed by atoms with E-state index in [1.807, 2.05) is 0 Å². The van der Waals surface area contributed by atoms with Crippen molar-refractivity contribution >= 4 is 40.7 Å². The first-order chi connectivity index (χ1) is 14.0. The van der Waals surface area contributed by atoms with Crippen molar-refractivity contribution in [2.75, 3.05) is 17.8 Å². The topological polar surface area (TPSA) is 164 Å². The zero-order chi connectivity index (χ0) is 20.5. The highest BCUT2D eigenvalue weighted by molar-refractivity contribution is 6.30. The second kappa shape index (κ2) is 7.89. The van der Waals surface area contributed by atoms with Gasteiger partial charge in [0.1, 0.15) is 24.6 Å². The Morgan fingerprint density at radius 2 is 2.00 bits per heavy atom. The van der Waals surface area contributed by atoms with Crippen LogP contribution in [0.3, 0.4) is 0 Å². The minimum absolute atomic E-state index is 0.130. The minimum Gasteiger partial charge on any atom is -0.394 e. The molecule has 1 aliphatic rings. The lowest BCUT2D eigenvalue weighted by Crippen LogP contribution is -2.33. The van der Waals surface area contributed by atoms with Gasteiger partial charge in [-0.3, -0.25) is 4.57 Å². The smallest absolute Gasteiger partial charge is 0.228 e. The fourth-order valence-corrected chi connectivity index (χ4v) is 3.18. The molecule has 0 unspecified atom stereocenters. The van der Waals surface area contributed by atoms with Crippen LogP contribution in [0.4, 0.5) is 11.8 Å². The Bertz CT molecular complexity index is 1040. The van der Waals surface area contributed by atoms with Crippen LogP contribution in [0.1, 0.15) is 11.8 Å². The van der Waals surface area contributed by atoms with Crippen LogP contribution < -0.4 is 11.2 Å². The molecule has 0 aliphatic carbocycles. The summed E-state index contributed by atoms with van der Waals surface area (Å²) in [5, 5.41) is 34.6. The van der Waals surface area contributed by atoms with E-state index in [9.17, 15) is 15.3 Å². The molecule has 3 aromatic rings. The van der Waals surface area contributed by atoms with Crippen LogP contribution >= 0.6 is 11.6 Å². The van der Waals surface area contributed by atoms with E-state index in [4.69, 9.17) is 22.1 Å². The highest BCUT2D eigenvalue weighted by atomic mass is 35.5. The molecular formula is C17H18ClN7O4. The molecule has 29 heavy (non-hydrogen) atoms. The summed E-state index contributed by atoms with van der Waals surface area (Å²) >= 11 is 5.87. The molecule has 0 bridgehead atoms. The summed E-state index contributed by atoms with van der Waals surface area (Å²) in [5.41, 5.74) is 9.99. The lowest BCUT2D eigenvalue weighted by Gasteiger charge is -2.18. The third-order valence-corrected chi connectivity index (χ3v) is 4.78. The summed E-state index contributed by atoms with van der Waals surface area (Å²) < 4.78 is 7.02. The third-order valence-electron chi connectivity index (χ3n) is 4.53. The number of benzene rings is 1. The van der Waals surface area contributed by atoms with E-state index in [-0.39, 0.29) is 22.9 Å². The van der Waals surface area contributed by atoms with Gasteiger partial charge in [0.2, 0.25) is 5.95 Å². The number of nitrogens with two attached hydrogens (primary N) is 1. The number of aliphatic hydroxyl groups excluding tert-OH is 3. The fourth-order valence-electron chi connectivity index (χ4n) is 3.05. The lowest BCUT2D eigenvalue weighted by atomic mass is 10.1. The monoisotopic (exact) mass is 419 g/mol. The van der Waals surface area contributed by atoms with E-state index in [1.54, 1.807) is 30.5 Å². The normalized spacial score (nSPS) is 24.6. The number of anilines is 2. The molecule has 11 nitrogen and oxygen atoms in total. The first-order valence-electron chi connectivity index (χ1n) is 8.65. The van der Waals surface area contributed by atoms with Gasteiger partial charge in [-0.2, -0.15) is 5.10 Å². The third kappa shape index (κ3) is 3.61. The highest BCUT2D eigenvalue weighted by Gasteiger charge is 2.45. The summed E-state index contributed by atoms with van der Waals surface area (Å²) in [6.45, 7) is -0.462. The van der Waals surface area contributed by atoms with Crippen molar-refractivity contribution in [3.05, 3.63) is 41.2 Å². The van der Waals surface area contributed by atoms with Gasteiger partial charge in [-0.15, -0.1) is 0 Å². The SMILES string of the molecule is Nc1ncnc2c1nc(NN=Cc1ccc(Cl)cc1)n2[C@@H]1O[C@@H](CO)[C@@H](O)[C@H]1O. The largest absolute Gasteiger partial charge is 0.394 e. The quantitative estimate of drug-likeness (QED) is 0.285. The van der Waals surface area contributed by atoms with Crippen LogP contribution in [0, 0.1) is 0 Å². The Morgan fingerprint density at radius 3 is 2.69 bits per heavy atom. The number of nitrogen functional groups attached to an aromatic ring is 1. The predicted octanol–water partition coefficient (Wildman–Crippen LogP) is 0.119. The van der Waals surface area contributed by atoms with E-state index in [2.05, 4.69) is 25.5 Å². The molecule has 0 spiro atoms. The highest BCUT2D eigenvalue weighted by Crippen LogP contribution is 2.35. The van der Waals surface area contributed by atoms with Gasteiger partial charge in [0.25, 0.3) is 0 Å². The molecule has 3 heterocycles. The van der Waals surface area contributed by atoms with Crippen LogP contribution in [-0.2, 0) is 4.74 Å². The molecular weight excluding hydrogens is 402 g/mol. The van der Waals surface area contributed by atoms with Gasteiger partial charge in [-0.1, -0.05) is 23.7 Å². The van der Waals surface area contributed by atoms with E-state index in [0.29, 0.717) is 5.02 Å². The number of hydrogen-bond donors (Lipinski definition) is 5. The number of imidazole rings is 1. The van der Waals surface area contributed by atoms with Crippen LogP contribution in [0.2, 0.25) is 5.02 Å². The standard InChI is InChI=1S/C17H18ClN7O4/c18-9-3-1-8(2-4-9)5-22-24-17-23-11-14(19)20-7-21-15(11)25(17)16-13(28)12(27)10(6-26)29-16/h1-5,7,10,12-13,16,26-28H,6H2,(H,23,24)(H2,19,20,21)/t10-,12+,13+,16+/m0/s1. The van der Waals surface area contributed by atoms with Crippen LogP contribution in [-0.4, -0.2) is 66.0 Å². The number of aromatic nitrogens is 4. The number of hydrogen-bond acceptors (Lipinski definition) is 10. The molecule has 12 heteroatoms. The molecule has 1 fully saturated rings. The summed E-state index contributed by atoms with van der Waals surface area (Å²) in [7, 11) is 0. The van der Waals surface area contributed by atoms with Gasteiger partial charge in [-0.05, 0) is 17.7 Å². The van der Waals surface area contributed by atoms with Gasteiger partial charge < -0.3 is 25.8 Å². The van der Waals surface area contributed by atoms with E-state index in [0.717, 1.165) is 5.56 Å². The van der Waals surface area contributed by atoms with Crippen molar-refractivity contribution in [3.63, 3.8) is 0 Å². The Labute approximate surface area is 169 Å². The van der Waals surface area contributed by atoms with Gasteiger partial charge in [-0.25, -0.2) is 20.4 Å². The molecule has 2 aromatic heterocycles. The maximum atomic E-state index is 10.4. The van der Waals surface area contributed by atoms with Crippen LogP contribution in [0.5, 0.6) is 0 Å². The summed E-state index contributed by atoms with van der Waals surface area (Å²) in [6.07, 6.45) is -1.86. The van der Waals surface area contributed by atoms with E-state index >= 15 is 0 Å². The van der Waals surface area contributed by atoms with Crippen molar-refractivity contribution in [1.29, 1.82) is 0 Å². The van der Waals surface area contributed by atoms with Gasteiger partial charge in [0, 0.05) is 5.02 Å². The van der Waals surface area contributed by atoms with Crippen molar-refractivity contribution in [1.82, 2.24) is 19.5 Å². The number of fused-ring (bicyclic) bond motifs is 1. The maximum Gasteiger partial charge on any atom is 0.228 e. The number of rotatable bonds is 5. The van der Waals surface area contributed by atoms with E-state index < -0.39 is 31.1 Å². The number of nitrogens with one attached hydrogen (secondary N) is 1. The molecule has 4 rings (SSSR count). The lowest BCUT2D eigenvalue weighted by molar-refractivity contribution is -0.0501. The molecule has 6 N–H and O–H groups in total. The Kier molecular flexibility index (Phi) is 5.30. The van der Waals surface area contributed by atoms with Crippen molar-refractivity contribution in [2.24, 2.45) is 5.10 Å². The predicted molar refractivity (Wildman–Crippen MR) is 105 cm³/mol. The summed E-state index contributed by atoms with van der Waals surface area (Å²) in [5.74, 6) is 0.289. The number of halogens is 1. The number of aliphatic hydroxyl groups is 3. The molecule has 0 radical (unpaired) electrons. The number of ether oxygens (including phenoxy) is 1. The number of hydrazone groups is 1.